The number of nitrogens with one attached hydrogen (secondary N) is 2. The summed E-state index contributed by atoms with van der Waals surface area (Å²) in [7, 11) is -5.71. The van der Waals surface area contributed by atoms with E-state index in [1.54, 1.807) is 18.2 Å². The molecule has 12 heteroatoms. The van der Waals surface area contributed by atoms with Crippen LogP contribution in [0, 0.1) is 0 Å². The third-order valence-electron chi connectivity index (χ3n) is 4.98. The van der Waals surface area contributed by atoms with Crippen molar-refractivity contribution < 1.29 is 23.1 Å². The van der Waals surface area contributed by atoms with Gasteiger partial charge in [-0.15, -0.1) is 0 Å². The molecular weight excluding hydrogens is 484 g/mol. The van der Waals surface area contributed by atoms with Crippen LogP contribution in [0.4, 0.5) is 5.69 Å². The highest BCUT2D eigenvalue weighted by atomic mass is 35.5. The molecule has 0 bridgehead atoms. The number of fused-ring (bicyclic) bond motifs is 1. The van der Waals surface area contributed by atoms with Crippen LogP contribution in [0.3, 0.4) is 0 Å². The number of likely N-dealkylation sites (N-methyl/N-ethyl adjacent to an activating group) is 1. The number of halogens is 2. The van der Waals surface area contributed by atoms with Crippen LogP contribution >= 0.6 is 31.1 Å². The number of benzene rings is 2. The van der Waals surface area contributed by atoms with Crippen molar-refractivity contribution in [1.29, 1.82) is 0 Å². The van der Waals surface area contributed by atoms with Gasteiger partial charge >= 0.3 is 7.94 Å². The van der Waals surface area contributed by atoms with Gasteiger partial charge in [-0.2, -0.15) is 27.8 Å². The Balaban J connectivity index is 1.70. The summed E-state index contributed by atoms with van der Waals surface area (Å²) in [6.45, 7) is 1.47. The van der Waals surface area contributed by atoms with Gasteiger partial charge in [-0.25, -0.2) is 0 Å². The quantitative estimate of drug-likeness (QED) is 0.276. The van der Waals surface area contributed by atoms with Gasteiger partial charge in [0.2, 0.25) is 0 Å². The van der Waals surface area contributed by atoms with Crippen molar-refractivity contribution in [3.05, 3.63) is 63.1 Å². The van der Waals surface area contributed by atoms with Crippen molar-refractivity contribution in [1.82, 2.24) is 9.62 Å². The van der Waals surface area contributed by atoms with E-state index in [-0.39, 0.29) is 25.0 Å². The summed E-state index contributed by atoms with van der Waals surface area (Å²) >= 11 is 12.6. The fourth-order valence-corrected chi connectivity index (χ4v) is 5.69. The molecule has 1 unspecified atom stereocenters. The van der Waals surface area contributed by atoms with Crippen LogP contribution in [-0.4, -0.2) is 54.3 Å². The Hall–Kier alpha value is -1.00. The molecule has 0 saturated heterocycles. The molecule has 0 aliphatic carbocycles. The van der Waals surface area contributed by atoms with E-state index in [0.717, 1.165) is 29.8 Å². The molecular formula is C19H25Cl2N3O5PS+. The smallest absolute Gasteiger partial charge is 0.301 e. The molecule has 0 amide bonds. The van der Waals surface area contributed by atoms with Crippen LogP contribution < -0.4 is 9.44 Å². The summed E-state index contributed by atoms with van der Waals surface area (Å²) in [6, 6.07) is 10.8. The Kier molecular flexibility index (Phi) is 7.84. The van der Waals surface area contributed by atoms with Crippen LogP contribution in [-0.2, 0) is 16.8 Å². The second-order valence-corrected chi connectivity index (χ2v) is 11.8. The summed E-state index contributed by atoms with van der Waals surface area (Å²) in [6.07, 6.45) is -0.174. The Morgan fingerprint density at radius 1 is 1.16 bits per heavy atom. The minimum atomic E-state index is -3.89. The molecule has 170 valence electrons. The molecule has 1 atom stereocenters. The maximum atomic E-state index is 12.2. The average Bonchev–Trinajstić information content (AvgIpc) is 2.65. The maximum Gasteiger partial charge on any atom is 0.403 e. The van der Waals surface area contributed by atoms with Crippen LogP contribution in [0.1, 0.15) is 29.0 Å². The standard InChI is InChI=1S/C19H25Cl2N3O5PS/c1-24-11-17(16-9-14(20)10-19(21)18(16)12-24)13-3-5-15(6-4-13)23-31(28,29)22-7-2-8-30(25,26)27/h3-6,9-10,17,22-23,25-27H,2,7-8,11-12H2,1H3/q+1. The van der Waals surface area contributed by atoms with Crippen molar-refractivity contribution in [2.45, 2.75) is 18.9 Å². The number of anilines is 1. The Bertz CT molecular complexity index is 1030. The van der Waals surface area contributed by atoms with E-state index in [9.17, 15) is 8.42 Å². The summed E-state index contributed by atoms with van der Waals surface area (Å²) in [4.78, 5) is 29.0. The zero-order valence-corrected chi connectivity index (χ0v) is 20.0. The largest absolute Gasteiger partial charge is 0.403 e. The molecule has 0 spiro atoms. The van der Waals surface area contributed by atoms with Gasteiger partial charge in [-0.1, -0.05) is 35.3 Å². The lowest BCUT2D eigenvalue weighted by Gasteiger charge is -2.33. The van der Waals surface area contributed by atoms with Crippen LogP contribution in [0.25, 0.3) is 0 Å². The number of hydrogen-bond acceptors (Lipinski definition) is 6. The lowest BCUT2D eigenvalue weighted by Crippen LogP contribution is -2.32. The van der Waals surface area contributed by atoms with E-state index in [4.69, 9.17) is 37.9 Å². The van der Waals surface area contributed by atoms with Gasteiger partial charge in [0.1, 0.15) is 6.16 Å². The van der Waals surface area contributed by atoms with Gasteiger partial charge in [-0.3, -0.25) is 4.72 Å². The SMILES string of the molecule is CN1Cc2c(Cl)cc(Cl)cc2C(c2ccc(NS(=O)(=O)NCCC[P+](O)(O)O)cc2)C1. The van der Waals surface area contributed by atoms with Gasteiger partial charge in [-0.05, 0) is 48.0 Å². The van der Waals surface area contributed by atoms with Crippen molar-refractivity contribution in [2.75, 3.05) is 31.0 Å². The highest BCUT2D eigenvalue weighted by Crippen LogP contribution is 2.44. The monoisotopic (exact) mass is 508 g/mol. The van der Waals surface area contributed by atoms with Gasteiger partial charge in [0.25, 0.3) is 10.2 Å². The molecule has 2 aromatic carbocycles. The predicted octanol–water partition coefficient (Wildman–Crippen LogP) is 2.95. The molecule has 0 radical (unpaired) electrons. The first-order valence-corrected chi connectivity index (χ1v) is 13.6. The normalized spacial score (nSPS) is 17.4. The Labute approximate surface area is 192 Å². The van der Waals surface area contributed by atoms with E-state index in [0.29, 0.717) is 15.7 Å². The molecule has 3 rings (SSSR count). The molecule has 0 fully saturated rings. The summed E-state index contributed by atoms with van der Waals surface area (Å²) in [5.41, 5.74) is 3.51. The van der Waals surface area contributed by atoms with Gasteiger partial charge in [0.05, 0.1) is 0 Å². The second-order valence-electron chi connectivity index (χ2n) is 7.60. The fraction of sp³-hybridized carbons (Fsp3) is 0.368. The van der Waals surface area contributed by atoms with Crippen LogP contribution in [0.2, 0.25) is 10.0 Å². The average molecular weight is 509 g/mol. The van der Waals surface area contributed by atoms with Crippen molar-refractivity contribution in [3.63, 3.8) is 0 Å². The first-order chi connectivity index (χ1) is 14.4. The summed E-state index contributed by atoms with van der Waals surface area (Å²) < 4.78 is 29.0. The molecule has 1 heterocycles. The molecule has 31 heavy (non-hydrogen) atoms. The topological polar surface area (TPSA) is 122 Å². The summed E-state index contributed by atoms with van der Waals surface area (Å²) in [5, 5.41) is 1.22. The van der Waals surface area contributed by atoms with E-state index in [2.05, 4.69) is 14.3 Å². The van der Waals surface area contributed by atoms with Crippen molar-refractivity contribution in [3.8, 4) is 0 Å². The third-order valence-corrected chi connectivity index (χ3v) is 7.54. The van der Waals surface area contributed by atoms with Crippen LogP contribution in [0.5, 0.6) is 0 Å². The highest BCUT2D eigenvalue weighted by molar-refractivity contribution is 7.90. The Morgan fingerprint density at radius 3 is 2.48 bits per heavy atom. The molecule has 2 aromatic rings. The first kappa shape index (κ1) is 24.6. The molecule has 0 aromatic heterocycles. The van der Waals surface area contributed by atoms with Crippen molar-refractivity contribution >= 4 is 47.0 Å². The molecule has 8 nitrogen and oxygen atoms in total. The maximum absolute atomic E-state index is 12.2. The number of hydrogen-bond donors (Lipinski definition) is 5. The molecule has 5 N–H and O–H groups in total. The summed E-state index contributed by atoms with van der Waals surface area (Å²) in [5.74, 6) is 0.0489. The lowest BCUT2D eigenvalue weighted by molar-refractivity contribution is 0.295. The number of nitrogens with zero attached hydrogens (tertiary/aromatic N) is 1. The van der Waals surface area contributed by atoms with Crippen molar-refractivity contribution in [2.24, 2.45) is 0 Å². The van der Waals surface area contributed by atoms with E-state index in [1.165, 1.54) is 0 Å². The van der Waals surface area contributed by atoms with E-state index in [1.807, 2.05) is 25.2 Å². The third kappa shape index (κ3) is 6.99. The van der Waals surface area contributed by atoms with E-state index >= 15 is 0 Å². The Morgan fingerprint density at radius 2 is 1.84 bits per heavy atom. The van der Waals surface area contributed by atoms with E-state index < -0.39 is 18.2 Å². The molecule has 0 saturated carbocycles. The second kappa shape index (κ2) is 9.87. The minimum absolute atomic E-state index is 0.0381. The van der Waals surface area contributed by atoms with Gasteiger partial charge in [0, 0.05) is 47.7 Å². The van der Waals surface area contributed by atoms with Gasteiger partial charge in [0.15, 0.2) is 0 Å². The predicted molar refractivity (Wildman–Crippen MR) is 125 cm³/mol. The first-order valence-electron chi connectivity index (χ1n) is 9.53. The molecule has 1 aliphatic heterocycles. The number of rotatable bonds is 8. The van der Waals surface area contributed by atoms with Gasteiger partial charge < -0.3 is 4.90 Å². The zero-order chi connectivity index (χ0) is 22.8. The molecule has 1 aliphatic rings. The zero-order valence-electron chi connectivity index (χ0n) is 16.8. The highest BCUT2D eigenvalue weighted by Gasteiger charge is 2.29. The lowest BCUT2D eigenvalue weighted by atomic mass is 9.85. The minimum Gasteiger partial charge on any atom is -0.301 e. The van der Waals surface area contributed by atoms with Crippen LogP contribution in [0.15, 0.2) is 36.4 Å². The fourth-order valence-electron chi connectivity index (χ4n) is 3.60.